The maximum absolute atomic E-state index is 5.60. The third-order valence-corrected chi connectivity index (χ3v) is 3.64. The van der Waals surface area contributed by atoms with Crippen LogP contribution in [0.2, 0.25) is 0 Å². The minimum Gasteiger partial charge on any atom is -0.326 e. The number of nitrogens with zero attached hydrogens (tertiary/aromatic N) is 2. The molecule has 1 unspecified atom stereocenters. The third kappa shape index (κ3) is 3.28. The van der Waals surface area contributed by atoms with Gasteiger partial charge < -0.3 is 10.6 Å². The number of hydrogen-bond donors (Lipinski definition) is 1. The molecule has 1 aliphatic rings. The Morgan fingerprint density at radius 1 is 1.24 bits per heavy atom. The van der Waals surface area contributed by atoms with Crippen LogP contribution in [0.5, 0.6) is 0 Å². The topological polar surface area (TPSA) is 32.5 Å². The van der Waals surface area contributed by atoms with Gasteiger partial charge in [-0.05, 0) is 31.6 Å². The minimum absolute atomic E-state index is 0.632. The number of rotatable bonds is 4. The number of nitrogens with two attached hydrogens (primary N) is 1. The van der Waals surface area contributed by atoms with Crippen LogP contribution in [-0.2, 0) is 13.1 Å². The second-order valence-electron chi connectivity index (χ2n) is 5.16. The lowest BCUT2D eigenvalue weighted by atomic mass is 10.1. The van der Waals surface area contributed by atoms with Crippen LogP contribution < -0.4 is 5.73 Å². The van der Waals surface area contributed by atoms with E-state index in [9.17, 15) is 0 Å². The van der Waals surface area contributed by atoms with E-state index < -0.39 is 0 Å². The molecule has 0 saturated carbocycles. The van der Waals surface area contributed by atoms with Gasteiger partial charge in [-0.25, -0.2) is 0 Å². The molecule has 1 aromatic rings. The smallest absolute Gasteiger partial charge is 0.0234 e. The van der Waals surface area contributed by atoms with E-state index in [1.807, 2.05) is 0 Å². The van der Waals surface area contributed by atoms with Gasteiger partial charge in [0.05, 0.1) is 0 Å². The first-order chi connectivity index (χ1) is 8.19. The second kappa shape index (κ2) is 5.63. The summed E-state index contributed by atoms with van der Waals surface area (Å²) in [5, 5.41) is 0. The van der Waals surface area contributed by atoms with Crippen LogP contribution in [0.1, 0.15) is 17.5 Å². The molecule has 1 saturated heterocycles. The van der Waals surface area contributed by atoms with Crippen LogP contribution in [0.25, 0.3) is 0 Å². The molecule has 1 aromatic carbocycles. The predicted octanol–water partition coefficient (Wildman–Crippen LogP) is 1.28. The summed E-state index contributed by atoms with van der Waals surface area (Å²) >= 11 is 0. The molecule has 3 nitrogen and oxygen atoms in total. The van der Waals surface area contributed by atoms with Gasteiger partial charge in [0.25, 0.3) is 0 Å². The summed E-state index contributed by atoms with van der Waals surface area (Å²) in [5.41, 5.74) is 8.20. The Kier molecular flexibility index (Phi) is 4.15. The number of hydrogen-bond acceptors (Lipinski definition) is 3. The highest BCUT2D eigenvalue weighted by Gasteiger charge is 2.23. The van der Waals surface area contributed by atoms with Crippen molar-refractivity contribution in [1.82, 2.24) is 9.80 Å². The quantitative estimate of drug-likeness (QED) is 0.850. The Morgan fingerprint density at radius 3 is 2.41 bits per heavy atom. The molecule has 0 bridgehead atoms. The Balaban J connectivity index is 1.89. The molecule has 17 heavy (non-hydrogen) atoms. The zero-order chi connectivity index (χ0) is 12.3. The normalized spacial score (nSPS) is 21.3. The minimum atomic E-state index is 0.632. The first kappa shape index (κ1) is 12.6. The molecule has 1 atom stereocenters. The van der Waals surface area contributed by atoms with Crippen molar-refractivity contribution in [1.29, 1.82) is 0 Å². The summed E-state index contributed by atoms with van der Waals surface area (Å²) in [6.45, 7) is 4.09. The maximum atomic E-state index is 5.60. The van der Waals surface area contributed by atoms with Crippen LogP contribution in [0.3, 0.4) is 0 Å². The zero-order valence-corrected chi connectivity index (χ0v) is 10.9. The van der Waals surface area contributed by atoms with Crippen molar-refractivity contribution in [2.24, 2.45) is 5.73 Å². The lowest BCUT2D eigenvalue weighted by Crippen LogP contribution is -2.31. The average Bonchev–Trinajstić information content (AvgIpc) is 2.79. The van der Waals surface area contributed by atoms with Crippen LogP contribution in [-0.4, -0.2) is 43.0 Å². The van der Waals surface area contributed by atoms with Crippen molar-refractivity contribution in [2.45, 2.75) is 25.6 Å². The molecule has 0 aliphatic carbocycles. The molecule has 1 heterocycles. The van der Waals surface area contributed by atoms with E-state index in [-0.39, 0.29) is 0 Å². The van der Waals surface area contributed by atoms with E-state index in [1.165, 1.54) is 30.6 Å². The maximum Gasteiger partial charge on any atom is 0.0234 e. The number of likely N-dealkylation sites (tertiary alicyclic amines) is 1. The molecule has 2 rings (SSSR count). The molecular weight excluding hydrogens is 210 g/mol. The summed E-state index contributed by atoms with van der Waals surface area (Å²) in [5.74, 6) is 0. The highest BCUT2D eigenvalue weighted by Crippen LogP contribution is 2.16. The SMILES string of the molecule is CN(C)C1CCN(Cc2ccc(CN)cc2)C1. The summed E-state index contributed by atoms with van der Waals surface area (Å²) < 4.78 is 0. The molecule has 1 aliphatic heterocycles. The molecule has 0 spiro atoms. The van der Waals surface area contributed by atoms with Gasteiger partial charge in [-0.15, -0.1) is 0 Å². The Morgan fingerprint density at radius 2 is 1.88 bits per heavy atom. The van der Waals surface area contributed by atoms with E-state index in [4.69, 9.17) is 5.73 Å². The third-order valence-electron chi connectivity index (χ3n) is 3.64. The van der Waals surface area contributed by atoms with Gasteiger partial charge in [0, 0.05) is 32.2 Å². The second-order valence-corrected chi connectivity index (χ2v) is 5.16. The van der Waals surface area contributed by atoms with Crippen LogP contribution >= 0.6 is 0 Å². The molecule has 3 heteroatoms. The van der Waals surface area contributed by atoms with Gasteiger partial charge in [0.15, 0.2) is 0 Å². The Hall–Kier alpha value is -0.900. The van der Waals surface area contributed by atoms with Gasteiger partial charge in [-0.3, -0.25) is 4.90 Å². The number of likely N-dealkylation sites (N-methyl/N-ethyl adjacent to an activating group) is 1. The van der Waals surface area contributed by atoms with Gasteiger partial charge in [0.1, 0.15) is 0 Å². The molecule has 94 valence electrons. The highest BCUT2D eigenvalue weighted by atomic mass is 15.2. The molecule has 2 N–H and O–H groups in total. The fraction of sp³-hybridized carbons (Fsp3) is 0.571. The van der Waals surface area contributed by atoms with E-state index in [0.717, 1.165) is 12.6 Å². The molecule has 0 radical (unpaired) electrons. The van der Waals surface area contributed by atoms with Crippen molar-refractivity contribution in [3.05, 3.63) is 35.4 Å². The van der Waals surface area contributed by atoms with Gasteiger partial charge in [-0.2, -0.15) is 0 Å². The van der Waals surface area contributed by atoms with Crippen LogP contribution in [0, 0.1) is 0 Å². The summed E-state index contributed by atoms with van der Waals surface area (Å²) in [6.07, 6.45) is 1.29. The zero-order valence-electron chi connectivity index (χ0n) is 10.9. The Bertz CT molecular complexity index is 345. The van der Waals surface area contributed by atoms with E-state index in [0.29, 0.717) is 6.54 Å². The first-order valence-electron chi connectivity index (χ1n) is 6.35. The van der Waals surface area contributed by atoms with Gasteiger partial charge in [0.2, 0.25) is 0 Å². The molecular formula is C14H23N3. The summed E-state index contributed by atoms with van der Waals surface area (Å²) in [7, 11) is 4.34. The molecule has 1 fully saturated rings. The van der Waals surface area contributed by atoms with E-state index >= 15 is 0 Å². The highest BCUT2D eigenvalue weighted by molar-refractivity contribution is 5.22. The first-order valence-corrected chi connectivity index (χ1v) is 6.35. The van der Waals surface area contributed by atoms with Crippen molar-refractivity contribution in [3.8, 4) is 0 Å². The summed E-state index contributed by atoms with van der Waals surface area (Å²) in [6, 6.07) is 9.39. The molecule has 0 amide bonds. The fourth-order valence-electron chi connectivity index (χ4n) is 2.42. The van der Waals surface area contributed by atoms with E-state index in [1.54, 1.807) is 0 Å². The van der Waals surface area contributed by atoms with Crippen molar-refractivity contribution in [2.75, 3.05) is 27.2 Å². The molecule has 0 aromatic heterocycles. The Labute approximate surface area is 104 Å². The predicted molar refractivity (Wildman–Crippen MR) is 71.7 cm³/mol. The van der Waals surface area contributed by atoms with Crippen molar-refractivity contribution >= 4 is 0 Å². The fourth-order valence-corrected chi connectivity index (χ4v) is 2.42. The van der Waals surface area contributed by atoms with E-state index in [2.05, 4.69) is 48.2 Å². The van der Waals surface area contributed by atoms with Gasteiger partial charge in [-0.1, -0.05) is 24.3 Å². The van der Waals surface area contributed by atoms with Crippen molar-refractivity contribution < 1.29 is 0 Å². The van der Waals surface area contributed by atoms with Crippen LogP contribution in [0.4, 0.5) is 0 Å². The largest absolute Gasteiger partial charge is 0.326 e. The number of benzene rings is 1. The lowest BCUT2D eigenvalue weighted by molar-refractivity contribution is 0.264. The summed E-state index contributed by atoms with van der Waals surface area (Å²) in [4.78, 5) is 4.86. The average molecular weight is 233 g/mol. The monoisotopic (exact) mass is 233 g/mol. The van der Waals surface area contributed by atoms with Crippen molar-refractivity contribution in [3.63, 3.8) is 0 Å². The van der Waals surface area contributed by atoms with Gasteiger partial charge >= 0.3 is 0 Å². The standard InChI is InChI=1S/C14H23N3/c1-16(2)14-7-8-17(11-14)10-13-5-3-12(9-15)4-6-13/h3-6,14H,7-11,15H2,1-2H3. The lowest BCUT2D eigenvalue weighted by Gasteiger charge is -2.20. The van der Waals surface area contributed by atoms with Crippen LogP contribution in [0.15, 0.2) is 24.3 Å².